The Hall–Kier alpha value is -2.20. The number of amides is 1. The van der Waals surface area contributed by atoms with E-state index in [2.05, 4.69) is 34.5 Å². The number of halogens is 1. The summed E-state index contributed by atoms with van der Waals surface area (Å²) < 4.78 is 5.74. The fourth-order valence-electron chi connectivity index (χ4n) is 3.21. The summed E-state index contributed by atoms with van der Waals surface area (Å²) in [7, 11) is 0. The van der Waals surface area contributed by atoms with Gasteiger partial charge in [0, 0.05) is 25.3 Å². The van der Waals surface area contributed by atoms with Crippen LogP contribution < -0.4 is 15.0 Å². The number of aryl methyl sites for hydroxylation is 1. The number of nitrogens with one attached hydrogen (secondary N) is 1. The van der Waals surface area contributed by atoms with E-state index in [1.165, 1.54) is 5.69 Å². The zero-order valence-electron chi connectivity index (χ0n) is 15.2. The molecule has 2 atom stereocenters. The maximum atomic E-state index is 12.4. The fraction of sp³-hybridized carbons (Fsp3) is 0.381. The van der Waals surface area contributed by atoms with E-state index in [0.29, 0.717) is 23.2 Å². The van der Waals surface area contributed by atoms with Crippen LogP contribution in [0.25, 0.3) is 0 Å². The van der Waals surface area contributed by atoms with Crippen molar-refractivity contribution in [3.63, 3.8) is 0 Å². The van der Waals surface area contributed by atoms with Crippen molar-refractivity contribution in [3.8, 4) is 5.75 Å². The van der Waals surface area contributed by atoms with Crippen molar-refractivity contribution in [2.24, 2.45) is 5.92 Å². The molecule has 5 heteroatoms. The van der Waals surface area contributed by atoms with Gasteiger partial charge < -0.3 is 15.0 Å². The minimum absolute atomic E-state index is 0.110. The van der Waals surface area contributed by atoms with Crippen LogP contribution in [0.15, 0.2) is 48.5 Å². The Morgan fingerprint density at radius 2 is 2.08 bits per heavy atom. The van der Waals surface area contributed by atoms with E-state index in [1.807, 2.05) is 25.1 Å². The van der Waals surface area contributed by atoms with Crippen LogP contribution in [0.4, 0.5) is 5.69 Å². The van der Waals surface area contributed by atoms with Gasteiger partial charge >= 0.3 is 0 Å². The van der Waals surface area contributed by atoms with Gasteiger partial charge in [-0.15, -0.1) is 0 Å². The molecule has 0 bridgehead atoms. The van der Waals surface area contributed by atoms with Crippen LogP contribution in [0.5, 0.6) is 5.75 Å². The van der Waals surface area contributed by atoms with E-state index in [0.717, 1.165) is 25.1 Å². The second-order valence-electron chi connectivity index (χ2n) is 6.88. The molecule has 0 spiro atoms. The number of hydrogen-bond donors (Lipinski definition) is 1. The molecule has 1 N–H and O–H groups in total. The van der Waals surface area contributed by atoms with E-state index < -0.39 is 6.10 Å². The summed E-state index contributed by atoms with van der Waals surface area (Å²) in [4.78, 5) is 14.7. The van der Waals surface area contributed by atoms with Crippen molar-refractivity contribution >= 4 is 23.2 Å². The number of para-hydroxylation sites is 1. The summed E-state index contributed by atoms with van der Waals surface area (Å²) >= 11 is 6.14. The lowest BCUT2D eigenvalue weighted by Crippen LogP contribution is -2.39. The highest BCUT2D eigenvalue weighted by atomic mass is 35.5. The molecule has 0 unspecified atom stereocenters. The fourth-order valence-corrected chi connectivity index (χ4v) is 3.37. The molecule has 4 nitrogen and oxygen atoms in total. The Labute approximate surface area is 160 Å². The highest BCUT2D eigenvalue weighted by molar-refractivity contribution is 6.32. The quantitative estimate of drug-likeness (QED) is 0.831. The largest absolute Gasteiger partial charge is 0.479 e. The number of benzene rings is 2. The number of rotatable bonds is 6. The van der Waals surface area contributed by atoms with Crippen molar-refractivity contribution in [2.75, 3.05) is 24.5 Å². The summed E-state index contributed by atoms with van der Waals surface area (Å²) in [5.41, 5.74) is 2.29. The van der Waals surface area contributed by atoms with E-state index >= 15 is 0 Å². The number of nitrogens with zero attached hydrogens (tertiary/aromatic N) is 1. The molecule has 0 aliphatic carbocycles. The topological polar surface area (TPSA) is 41.6 Å². The molecule has 2 aromatic carbocycles. The normalized spacial score (nSPS) is 17.8. The van der Waals surface area contributed by atoms with Crippen molar-refractivity contribution in [3.05, 3.63) is 59.1 Å². The maximum absolute atomic E-state index is 12.4. The lowest BCUT2D eigenvalue weighted by molar-refractivity contribution is -0.127. The standard InChI is InChI=1S/C21H25ClN2O2/c1-15-8-9-19(22)20(12-15)26-16(2)21(25)23-13-17-10-11-24(14-17)18-6-4-3-5-7-18/h3-9,12,16-17H,10-11,13-14H2,1-2H3,(H,23,25)/t16-,17+/m1/s1. The minimum Gasteiger partial charge on any atom is -0.479 e. The molecule has 1 fully saturated rings. The SMILES string of the molecule is Cc1ccc(Cl)c(O[C@H](C)C(=O)NC[C@@H]2CCN(c3ccccc3)C2)c1. The van der Waals surface area contributed by atoms with Gasteiger partial charge in [-0.2, -0.15) is 0 Å². The predicted molar refractivity (Wildman–Crippen MR) is 106 cm³/mol. The number of anilines is 1. The minimum atomic E-state index is -0.582. The average Bonchev–Trinajstić information content (AvgIpc) is 3.12. The molecule has 2 aromatic rings. The predicted octanol–water partition coefficient (Wildman–Crippen LogP) is 4.06. The highest BCUT2D eigenvalue weighted by Crippen LogP contribution is 2.26. The number of carbonyl (C=O) groups is 1. The molecule has 1 amide bonds. The maximum Gasteiger partial charge on any atom is 0.260 e. The average molecular weight is 373 g/mol. The number of carbonyl (C=O) groups excluding carboxylic acids is 1. The third kappa shape index (κ3) is 4.70. The van der Waals surface area contributed by atoms with Crippen LogP contribution in [0.3, 0.4) is 0 Å². The Bertz CT molecular complexity index is 751. The van der Waals surface area contributed by atoms with Crippen molar-refractivity contribution in [2.45, 2.75) is 26.4 Å². The molecule has 3 rings (SSSR count). The van der Waals surface area contributed by atoms with Gasteiger partial charge in [-0.25, -0.2) is 0 Å². The molecule has 0 aromatic heterocycles. The molecule has 1 heterocycles. The third-order valence-corrected chi connectivity index (χ3v) is 5.04. The Balaban J connectivity index is 1.47. The lowest BCUT2D eigenvalue weighted by Gasteiger charge is -2.20. The Morgan fingerprint density at radius 1 is 1.31 bits per heavy atom. The Kier molecular flexibility index (Phi) is 6.04. The summed E-state index contributed by atoms with van der Waals surface area (Å²) in [5.74, 6) is 0.889. The second kappa shape index (κ2) is 8.45. The van der Waals surface area contributed by atoms with Gasteiger partial charge in [0.2, 0.25) is 0 Å². The monoisotopic (exact) mass is 372 g/mol. The van der Waals surface area contributed by atoms with E-state index in [4.69, 9.17) is 16.3 Å². The smallest absolute Gasteiger partial charge is 0.260 e. The van der Waals surface area contributed by atoms with Gasteiger partial charge in [0.05, 0.1) is 5.02 Å². The molecule has 1 aliphatic rings. The first kappa shape index (κ1) is 18.6. The molecule has 0 saturated carbocycles. The number of ether oxygens (including phenoxy) is 1. The first-order valence-corrected chi connectivity index (χ1v) is 9.41. The van der Waals surface area contributed by atoms with E-state index in [1.54, 1.807) is 13.0 Å². The van der Waals surface area contributed by atoms with Crippen LogP contribution in [0, 0.1) is 12.8 Å². The van der Waals surface area contributed by atoms with Crippen molar-refractivity contribution in [1.82, 2.24) is 5.32 Å². The molecule has 0 radical (unpaired) electrons. The first-order chi connectivity index (χ1) is 12.5. The lowest BCUT2D eigenvalue weighted by atomic mass is 10.1. The van der Waals surface area contributed by atoms with Crippen LogP contribution >= 0.6 is 11.6 Å². The third-order valence-electron chi connectivity index (χ3n) is 4.73. The molecule has 1 saturated heterocycles. The second-order valence-corrected chi connectivity index (χ2v) is 7.28. The molecule has 138 valence electrons. The van der Waals surface area contributed by atoms with Crippen LogP contribution in [-0.2, 0) is 4.79 Å². The first-order valence-electron chi connectivity index (χ1n) is 9.03. The number of hydrogen-bond acceptors (Lipinski definition) is 3. The summed E-state index contributed by atoms with van der Waals surface area (Å²) in [6, 6.07) is 15.9. The zero-order chi connectivity index (χ0) is 18.5. The van der Waals surface area contributed by atoms with Crippen molar-refractivity contribution in [1.29, 1.82) is 0 Å². The molecule has 1 aliphatic heterocycles. The summed E-state index contributed by atoms with van der Waals surface area (Å²) in [6.07, 6.45) is 0.495. The van der Waals surface area contributed by atoms with Gasteiger partial charge in [0.15, 0.2) is 6.10 Å². The van der Waals surface area contributed by atoms with Crippen LogP contribution in [0.1, 0.15) is 18.9 Å². The van der Waals surface area contributed by atoms with Gasteiger partial charge in [0.1, 0.15) is 5.75 Å². The Morgan fingerprint density at radius 3 is 2.85 bits per heavy atom. The molecular weight excluding hydrogens is 348 g/mol. The summed E-state index contributed by atoms with van der Waals surface area (Å²) in [5, 5.41) is 3.54. The van der Waals surface area contributed by atoms with Gasteiger partial charge in [-0.05, 0) is 56.0 Å². The van der Waals surface area contributed by atoms with Gasteiger partial charge in [-0.1, -0.05) is 35.9 Å². The van der Waals surface area contributed by atoms with E-state index in [-0.39, 0.29) is 5.91 Å². The van der Waals surface area contributed by atoms with Gasteiger partial charge in [-0.3, -0.25) is 4.79 Å². The summed E-state index contributed by atoms with van der Waals surface area (Å²) in [6.45, 7) is 6.36. The van der Waals surface area contributed by atoms with Crippen LogP contribution in [-0.4, -0.2) is 31.6 Å². The zero-order valence-corrected chi connectivity index (χ0v) is 16.0. The van der Waals surface area contributed by atoms with Gasteiger partial charge in [0.25, 0.3) is 5.91 Å². The van der Waals surface area contributed by atoms with Crippen molar-refractivity contribution < 1.29 is 9.53 Å². The molecule has 26 heavy (non-hydrogen) atoms. The molecular formula is C21H25ClN2O2. The highest BCUT2D eigenvalue weighted by Gasteiger charge is 2.24. The van der Waals surface area contributed by atoms with E-state index in [9.17, 15) is 4.79 Å². The van der Waals surface area contributed by atoms with Crippen LogP contribution in [0.2, 0.25) is 5.02 Å².